The van der Waals surface area contributed by atoms with Crippen LogP contribution in [0.4, 0.5) is 0 Å². The van der Waals surface area contributed by atoms with E-state index >= 15 is 0 Å². The van der Waals surface area contributed by atoms with Gasteiger partial charge in [-0.1, -0.05) is 63.7 Å². The number of rotatable bonds is 6. The van der Waals surface area contributed by atoms with E-state index in [2.05, 4.69) is 51.7 Å². The van der Waals surface area contributed by atoms with Crippen LogP contribution in [0.2, 0.25) is 0 Å². The van der Waals surface area contributed by atoms with Crippen molar-refractivity contribution in [3.8, 4) is 11.5 Å². The predicted molar refractivity (Wildman–Crippen MR) is 173 cm³/mol. The molecule has 3 aromatic carbocycles. The molecule has 0 saturated heterocycles. The van der Waals surface area contributed by atoms with Crippen LogP contribution in [-0.4, -0.2) is 28.5 Å². The molecule has 0 N–H and O–H groups in total. The Morgan fingerprint density at radius 3 is 2.66 bits per heavy atom. The van der Waals surface area contributed by atoms with Gasteiger partial charge in [-0.2, -0.15) is 0 Å². The molecule has 10 heteroatoms. The summed E-state index contributed by atoms with van der Waals surface area (Å²) in [7, 11) is 0. The van der Waals surface area contributed by atoms with E-state index in [0.29, 0.717) is 44.2 Å². The normalized spacial score (nSPS) is 15.9. The van der Waals surface area contributed by atoms with E-state index in [1.165, 1.54) is 16.9 Å². The van der Waals surface area contributed by atoms with E-state index in [-0.39, 0.29) is 19.0 Å². The van der Waals surface area contributed by atoms with Crippen LogP contribution in [0.1, 0.15) is 42.3 Å². The quantitative estimate of drug-likeness (QED) is 0.220. The predicted octanol–water partition coefficient (Wildman–Crippen LogP) is 5.60. The Hall–Kier alpha value is -4.41. The van der Waals surface area contributed by atoms with Crippen LogP contribution in [-0.2, 0) is 16.1 Å². The second-order valence-electron chi connectivity index (χ2n) is 10.6. The Bertz CT molecular complexity index is 2180. The zero-order valence-corrected chi connectivity index (χ0v) is 26.7. The van der Waals surface area contributed by atoms with Crippen LogP contribution in [0.15, 0.2) is 92.3 Å². The lowest BCUT2D eigenvalue weighted by atomic mass is 9.95. The number of carbonyl (C=O) groups is 1. The monoisotopic (exact) mass is 669 g/mol. The van der Waals surface area contributed by atoms with Gasteiger partial charge in [0.05, 0.1) is 28.5 Å². The Morgan fingerprint density at radius 1 is 1.09 bits per heavy atom. The van der Waals surface area contributed by atoms with Gasteiger partial charge in [-0.25, -0.2) is 9.79 Å². The maximum absolute atomic E-state index is 14.3. The van der Waals surface area contributed by atoms with Crippen molar-refractivity contribution in [2.24, 2.45) is 4.99 Å². The lowest BCUT2D eigenvalue weighted by Gasteiger charge is -2.24. The number of benzene rings is 3. The summed E-state index contributed by atoms with van der Waals surface area (Å²) in [5.74, 6) is 0.684. The fourth-order valence-electron chi connectivity index (χ4n) is 5.94. The molecular formula is C34H28BrN3O5S. The average molecular weight is 671 g/mol. The number of hydrogen-bond donors (Lipinski definition) is 0. The second kappa shape index (κ2) is 11.3. The molecule has 2 aromatic heterocycles. The molecule has 0 unspecified atom stereocenters. The van der Waals surface area contributed by atoms with Gasteiger partial charge in [0.1, 0.15) is 0 Å². The van der Waals surface area contributed by atoms with E-state index in [1.54, 1.807) is 24.5 Å². The van der Waals surface area contributed by atoms with Gasteiger partial charge in [0.25, 0.3) is 5.56 Å². The maximum Gasteiger partial charge on any atom is 0.338 e. The van der Waals surface area contributed by atoms with Crippen molar-refractivity contribution in [3.63, 3.8) is 0 Å². The van der Waals surface area contributed by atoms with E-state index in [0.717, 1.165) is 26.6 Å². The molecule has 5 aromatic rings. The zero-order chi connectivity index (χ0) is 30.5. The molecular weight excluding hydrogens is 642 g/mol. The molecule has 0 aliphatic carbocycles. The first kappa shape index (κ1) is 28.4. The number of hydrogen-bond acceptors (Lipinski definition) is 7. The number of para-hydroxylation sites is 1. The summed E-state index contributed by atoms with van der Waals surface area (Å²) in [6.45, 7) is 6.64. The molecule has 8 nitrogen and oxygen atoms in total. The van der Waals surface area contributed by atoms with E-state index in [9.17, 15) is 9.59 Å². The highest BCUT2D eigenvalue weighted by Gasteiger charge is 2.34. The minimum absolute atomic E-state index is 0.121. The fourth-order valence-corrected chi connectivity index (χ4v) is 7.23. The average Bonchev–Trinajstić information content (AvgIpc) is 3.68. The smallest absolute Gasteiger partial charge is 0.338 e. The standard InChI is InChI=1S/C34H28BrN3O5S/c1-4-41-33(40)30-19(2)36-34-38(31(30)22-11-14-27-28(15-22)43-18-42-27)32(39)29(44-34)16-25-20(3)37(26-8-6-5-7-24(25)26)17-21-9-12-23(35)13-10-21/h5-16,31H,4,17-18H2,1-3H3/b29-16-/t31-/m1/s1. The number of thiazole rings is 1. The van der Waals surface area contributed by atoms with Crippen molar-refractivity contribution in [2.45, 2.75) is 33.4 Å². The molecule has 222 valence electrons. The van der Waals surface area contributed by atoms with Crippen LogP contribution < -0.4 is 24.4 Å². The van der Waals surface area contributed by atoms with Crippen LogP contribution in [0.3, 0.4) is 0 Å². The zero-order valence-electron chi connectivity index (χ0n) is 24.3. The Morgan fingerprint density at radius 2 is 1.86 bits per heavy atom. The second-order valence-corrected chi connectivity index (χ2v) is 12.6. The van der Waals surface area contributed by atoms with Gasteiger partial charge < -0.3 is 18.8 Å². The summed E-state index contributed by atoms with van der Waals surface area (Å²) < 4.78 is 22.0. The third-order valence-electron chi connectivity index (χ3n) is 8.04. The van der Waals surface area contributed by atoms with Crippen molar-refractivity contribution in [1.82, 2.24) is 9.13 Å². The van der Waals surface area contributed by atoms with E-state index in [1.807, 2.05) is 42.5 Å². The molecule has 0 amide bonds. The van der Waals surface area contributed by atoms with Crippen molar-refractivity contribution in [1.29, 1.82) is 0 Å². The number of carbonyl (C=O) groups excluding carboxylic acids is 1. The van der Waals surface area contributed by atoms with Gasteiger partial charge in [0.15, 0.2) is 16.3 Å². The minimum Gasteiger partial charge on any atom is -0.463 e. The van der Waals surface area contributed by atoms with E-state index in [4.69, 9.17) is 19.2 Å². The van der Waals surface area contributed by atoms with Crippen molar-refractivity contribution in [3.05, 3.63) is 125 Å². The van der Waals surface area contributed by atoms with Gasteiger partial charge in [-0.3, -0.25) is 9.36 Å². The Balaban J connectivity index is 1.40. The molecule has 7 rings (SSSR count). The first-order valence-corrected chi connectivity index (χ1v) is 15.9. The molecule has 4 heterocycles. The fraction of sp³-hybridized carbons (Fsp3) is 0.206. The van der Waals surface area contributed by atoms with Crippen LogP contribution in [0.5, 0.6) is 11.5 Å². The highest BCUT2D eigenvalue weighted by atomic mass is 79.9. The molecule has 44 heavy (non-hydrogen) atoms. The third kappa shape index (κ3) is 4.78. The van der Waals surface area contributed by atoms with Gasteiger partial charge in [0, 0.05) is 33.2 Å². The number of aromatic nitrogens is 2. The molecule has 2 aliphatic heterocycles. The number of nitrogens with zero attached hydrogens (tertiary/aromatic N) is 3. The first-order chi connectivity index (χ1) is 21.3. The summed E-state index contributed by atoms with van der Waals surface area (Å²) in [6, 6.07) is 21.3. The lowest BCUT2D eigenvalue weighted by molar-refractivity contribution is -0.139. The number of allylic oxidation sites excluding steroid dienone is 1. The van der Waals surface area contributed by atoms with Gasteiger partial charge in [-0.05, 0) is 68.3 Å². The number of halogens is 1. The van der Waals surface area contributed by atoms with Gasteiger partial charge >= 0.3 is 5.97 Å². The molecule has 2 aliphatic rings. The summed E-state index contributed by atoms with van der Waals surface area (Å²) in [6.07, 6.45) is 1.96. The lowest BCUT2D eigenvalue weighted by Crippen LogP contribution is -2.39. The highest BCUT2D eigenvalue weighted by molar-refractivity contribution is 9.10. The SMILES string of the molecule is CCOC(=O)C1=C(C)N=c2s/c(=C\c3c(C)n(Cc4ccc(Br)cc4)c4ccccc34)c(=O)n2[C@@H]1c1ccc2c(c1)OCO2. The van der Waals surface area contributed by atoms with Crippen molar-refractivity contribution < 1.29 is 19.0 Å². The molecule has 0 fully saturated rings. The summed E-state index contributed by atoms with van der Waals surface area (Å²) >= 11 is 4.84. The molecule has 0 saturated carbocycles. The van der Waals surface area contributed by atoms with Gasteiger partial charge in [0.2, 0.25) is 6.79 Å². The maximum atomic E-state index is 14.3. The molecule has 0 bridgehead atoms. The third-order valence-corrected chi connectivity index (χ3v) is 9.55. The van der Waals surface area contributed by atoms with E-state index < -0.39 is 12.0 Å². The summed E-state index contributed by atoms with van der Waals surface area (Å²) in [4.78, 5) is 32.8. The first-order valence-electron chi connectivity index (χ1n) is 14.3. The van der Waals surface area contributed by atoms with Crippen LogP contribution >= 0.6 is 27.3 Å². The summed E-state index contributed by atoms with van der Waals surface area (Å²) in [5.41, 5.74) is 5.61. The summed E-state index contributed by atoms with van der Waals surface area (Å²) in [5, 5.41) is 1.06. The molecule has 0 spiro atoms. The molecule has 0 radical (unpaired) electrons. The number of fused-ring (bicyclic) bond motifs is 3. The van der Waals surface area contributed by atoms with Crippen LogP contribution in [0, 0.1) is 6.92 Å². The Kier molecular flexibility index (Phi) is 7.26. The van der Waals surface area contributed by atoms with Crippen molar-refractivity contribution >= 4 is 50.2 Å². The highest BCUT2D eigenvalue weighted by Crippen LogP contribution is 2.38. The number of esters is 1. The topological polar surface area (TPSA) is 84.1 Å². The van der Waals surface area contributed by atoms with Gasteiger partial charge in [-0.15, -0.1) is 0 Å². The van der Waals surface area contributed by atoms with Crippen molar-refractivity contribution in [2.75, 3.05) is 13.4 Å². The minimum atomic E-state index is -0.734. The Labute approximate surface area is 265 Å². The largest absolute Gasteiger partial charge is 0.463 e. The van der Waals surface area contributed by atoms with Crippen LogP contribution in [0.25, 0.3) is 17.0 Å². The molecule has 1 atom stereocenters. The number of ether oxygens (including phenoxy) is 3.